The molecule has 1 atom stereocenters. The van der Waals surface area contributed by atoms with E-state index < -0.39 is 16.4 Å². The highest BCUT2D eigenvalue weighted by Crippen LogP contribution is 2.38. The maximum atomic E-state index is 11.4. The van der Waals surface area contributed by atoms with Gasteiger partial charge in [0.05, 0.1) is 14.7 Å². The van der Waals surface area contributed by atoms with Crippen molar-refractivity contribution < 1.29 is 14.0 Å². The zero-order valence-corrected chi connectivity index (χ0v) is 18.6. The Hall–Kier alpha value is -0.396. The van der Waals surface area contributed by atoms with Gasteiger partial charge in [-0.2, -0.15) is 0 Å². The van der Waals surface area contributed by atoms with Gasteiger partial charge in [0.2, 0.25) is 0 Å². The van der Waals surface area contributed by atoms with Crippen molar-refractivity contribution in [2.45, 2.75) is 95.9 Å². The Labute approximate surface area is 151 Å². The van der Waals surface area contributed by atoms with Crippen molar-refractivity contribution in [3.63, 3.8) is 0 Å². The Morgan fingerprint density at radius 2 is 1.88 bits per heavy atom. The first-order chi connectivity index (χ1) is 11.2. The largest absolute Gasteiger partial charge is 0.462 e. The molecule has 140 valence electrons. The molecule has 1 aliphatic rings. The number of ether oxygens (including phenoxy) is 1. The Bertz CT molecular complexity index is 415. The lowest BCUT2D eigenvalue weighted by Crippen LogP contribution is -2.49. The topological polar surface area (TPSA) is 35.5 Å². The van der Waals surface area contributed by atoms with Gasteiger partial charge < -0.3 is 9.16 Å². The number of esters is 1. The van der Waals surface area contributed by atoms with Gasteiger partial charge in [-0.1, -0.05) is 58.3 Å². The van der Waals surface area contributed by atoms with Crippen LogP contribution >= 0.6 is 0 Å². The molecule has 0 saturated carbocycles. The van der Waals surface area contributed by atoms with E-state index in [0.717, 1.165) is 12.5 Å². The number of unbranched alkanes of at least 4 members (excludes halogenated alkanes) is 1. The third-order valence-electron chi connectivity index (χ3n) is 5.58. The van der Waals surface area contributed by atoms with Crippen LogP contribution in [0.15, 0.2) is 12.2 Å². The molecule has 0 bridgehead atoms. The highest BCUT2D eigenvalue weighted by atomic mass is 28.4. The second kappa shape index (κ2) is 9.92. The molecule has 1 saturated heterocycles. The monoisotopic (exact) mass is 370 g/mol. The third-order valence-corrected chi connectivity index (χ3v) is 14.4. The van der Waals surface area contributed by atoms with Crippen molar-refractivity contribution in [2.75, 3.05) is 6.61 Å². The van der Waals surface area contributed by atoms with E-state index in [1.807, 2.05) is 0 Å². The molecule has 1 aliphatic heterocycles. The second-order valence-electron chi connectivity index (χ2n) is 8.26. The molecule has 0 N–H and O–H groups in total. The molecule has 0 radical (unpaired) electrons. The van der Waals surface area contributed by atoms with Crippen LogP contribution in [0.25, 0.3) is 0 Å². The highest BCUT2D eigenvalue weighted by Gasteiger charge is 2.42. The van der Waals surface area contributed by atoms with Gasteiger partial charge in [-0.05, 0) is 38.4 Å². The standard InChI is InChI=1S/C19H38O3Si2/c1-7-8-14-24(15-9-10-16-24)22-18(4)23(5,6)13-11-12-21-19(20)17(2)3/h18H,2,7-16H2,1,3-6H3. The molecule has 0 amide bonds. The summed E-state index contributed by atoms with van der Waals surface area (Å²) in [5.41, 5.74) is 0.893. The predicted molar refractivity (Wildman–Crippen MR) is 108 cm³/mol. The number of carbonyl (C=O) groups is 1. The molecule has 5 heteroatoms. The highest BCUT2D eigenvalue weighted by molar-refractivity contribution is 6.81. The van der Waals surface area contributed by atoms with Crippen LogP contribution in [-0.4, -0.2) is 34.7 Å². The summed E-state index contributed by atoms with van der Waals surface area (Å²) in [6.07, 6.45) is 6.30. The smallest absolute Gasteiger partial charge is 0.333 e. The lowest BCUT2D eigenvalue weighted by atomic mass is 10.4. The van der Waals surface area contributed by atoms with E-state index in [4.69, 9.17) is 9.16 Å². The molecule has 0 aromatic rings. The van der Waals surface area contributed by atoms with Crippen LogP contribution in [0.1, 0.15) is 52.9 Å². The van der Waals surface area contributed by atoms with Gasteiger partial charge in [0.25, 0.3) is 0 Å². The molecule has 0 aromatic carbocycles. The van der Waals surface area contributed by atoms with Crippen molar-refractivity contribution in [1.29, 1.82) is 0 Å². The minimum atomic E-state index is -1.47. The summed E-state index contributed by atoms with van der Waals surface area (Å²) in [6.45, 7) is 15.3. The van der Waals surface area contributed by atoms with Crippen molar-refractivity contribution in [1.82, 2.24) is 0 Å². The molecular weight excluding hydrogens is 332 g/mol. The fourth-order valence-corrected chi connectivity index (χ4v) is 11.6. The van der Waals surface area contributed by atoms with Gasteiger partial charge in [0.1, 0.15) is 0 Å². The van der Waals surface area contributed by atoms with Crippen molar-refractivity contribution in [3.05, 3.63) is 12.2 Å². The van der Waals surface area contributed by atoms with E-state index >= 15 is 0 Å². The van der Waals surface area contributed by atoms with Crippen LogP contribution in [0, 0.1) is 0 Å². The average molecular weight is 371 g/mol. The number of hydrogen-bond acceptors (Lipinski definition) is 3. The van der Waals surface area contributed by atoms with Gasteiger partial charge in [0.15, 0.2) is 8.32 Å². The first-order valence-electron chi connectivity index (χ1n) is 9.73. The van der Waals surface area contributed by atoms with Gasteiger partial charge in [-0.3, -0.25) is 0 Å². The van der Waals surface area contributed by atoms with Crippen LogP contribution < -0.4 is 0 Å². The van der Waals surface area contributed by atoms with E-state index in [-0.39, 0.29) is 5.97 Å². The predicted octanol–water partition coefficient (Wildman–Crippen LogP) is 5.69. The Balaban J connectivity index is 2.46. The second-order valence-corrected chi connectivity index (χ2v) is 17.7. The third kappa shape index (κ3) is 6.84. The molecule has 0 spiro atoms. The van der Waals surface area contributed by atoms with Crippen LogP contribution in [0.5, 0.6) is 0 Å². The zero-order valence-electron chi connectivity index (χ0n) is 16.6. The van der Waals surface area contributed by atoms with E-state index in [2.05, 4.69) is 33.5 Å². The molecule has 24 heavy (non-hydrogen) atoms. The number of hydrogen-bond donors (Lipinski definition) is 0. The maximum Gasteiger partial charge on any atom is 0.333 e. The lowest BCUT2D eigenvalue weighted by Gasteiger charge is -2.38. The lowest BCUT2D eigenvalue weighted by molar-refractivity contribution is -0.138. The molecule has 1 heterocycles. The van der Waals surface area contributed by atoms with Gasteiger partial charge in [0, 0.05) is 11.3 Å². The Morgan fingerprint density at radius 3 is 2.42 bits per heavy atom. The molecule has 0 aromatic heterocycles. The van der Waals surface area contributed by atoms with Gasteiger partial charge in [-0.25, -0.2) is 4.79 Å². The SMILES string of the molecule is C=C(C)C(=O)OCCC[Si](C)(C)C(C)O[Si]1(CCCC)CCCC1. The minimum Gasteiger partial charge on any atom is -0.462 e. The number of carbonyl (C=O) groups excluding carboxylic acids is 1. The van der Waals surface area contributed by atoms with Crippen molar-refractivity contribution in [2.24, 2.45) is 0 Å². The fraction of sp³-hybridized carbons (Fsp3) is 0.842. The van der Waals surface area contributed by atoms with Crippen molar-refractivity contribution >= 4 is 22.4 Å². The quantitative estimate of drug-likeness (QED) is 0.203. The van der Waals surface area contributed by atoms with E-state index in [1.54, 1.807) is 6.92 Å². The van der Waals surface area contributed by atoms with Gasteiger partial charge in [-0.15, -0.1) is 0 Å². The van der Waals surface area contributed by atoms with Crippen molar-refractivity contribution in [3.8, 4) is 0 Å². The average Bonchev–Trinajstić information content (AvgIpc) is 2.98. The number of rotatable bonds is 11. The summed E-state index contributed by atoms with van der Waals surface area (Å²) in [6, 6.07) is 5.25. The van der Waals surface area contributed by atoms with E-state index in [1.165, 1.54) is 43.8 Å². The van der Waals surface area contributed by atoms with Crippen LogP contribution in [-0.2, 0) is 14.0 Å². The molecule has 0 aliphatic carbocycles. The van der Waals surface area contributed by atoms with Gasteiger partial charge >= 0.3 is 5.97 Å². The summed E-state index contributed by atoms with van der Waals surface area (Å²) in [5, 5.41) is 0. The van der Waals surface area contributed by atoms with Crippen LogP contribution in [0.4, 0.5) is 0 Å². The molecule has 1 rings (SSSR count). The molecule has 3 nitrogen and oxygen atoms in total. The van der Waals surface area contributed by atoms with Crippen LogP contribution in [0.2, 0.25) is 37.3 Å². The normalized spacial score (nSPS) is 18.4. The zero-order chi connectivity index (χ0) is 18.2. The summed E-state index contributed by atoms with van der Waals surface area (Å²) >= 11 is 0. The maximum absolute atomic E-state index is 11.4. The first-order valence-corrected chi connectivity index (χ1v) is 15.5. The van der Waals surface area contributed by atoms with Crippen LogP contribution in [0.3, 0.4) is 0 Å². The molecule has 1 fully saturated rings. The summed E-state index contributed by atoms with van der Waals surface area (Å²) in [5.74, 6) is -0.268. The van der Waals surface area contributed by atoms with E-state index in [0.29, 0.717) is 17.9 Å². The molecule has 1 unspecified atom stereocenters. The minimum absolute atomic E-state index is 0.268. The Kier molecular flexibility index (Phi) is 8.95. The summed E-state index contributed by atoms with van der Waals surface area (Å²) < 4.78 is 12.1. The summed E-state index contributed by atoms with van der Waals surface area (Å²) in [4.78, 5) is 11.4. The van der Waals surface area contributed by atoms with E-state index in [9.17, 15) is 4.79 Å². The first kappa shape index (κ1) is 21.6. The Morgan fingerprint density at radius 1 is 1.25 bits per heavy atom. The fourth-order valence-electron chi connectivity index (χ4n) is 3.50. The summed E-state index contributed by atoms with van der Waals surface area (Å²) in [7, 11) is -2.93. The molecular formula is C19H38O3Si2.